The van der Waals surface area contributed by atoms with Gasteiger partial charge in [0.25, 0.3) is 0 Å². The minimum absolute atomic E-state index is 0. The third-order valence-corrected chi connectivity index (χ3v) is 4.93. The highest BCUT2D eigenvalue weighted by Gasteiger charge is 2.05. The summed E-state index contributed by atoms with van der Waals surface area (Å²) in [5.41, 5.74) is 2.31. The number of nitrogens with one attached hydrogen (secondary N) is 2. The zero-order chi connectivity index (χ0) is 21.9. The lowest BCUT2D eigenvalue weighted by Gasteiger charge is -2.13. The fourth-order valence-electron chi connectivity index (χ4n) is 3.00. The van der Waals surface area contributed by atoms with Crippen molar-refractivity contribution in [3.8, 4) is 5.69 Å². The molecule has 0 aliphatic heterocycles. The second-order valence-corrected chi connectivity index (χ2v) is 7.16. The highest BCUT2D eigenvalue weighted by molar-refractivity contribution is 14.0. The van der Waals surface area contributed by atoms with Crippen molar-refractivity contribution >= 4 is 29.9 Å². The Kier molecular flexibility index (Phi) is 11.2. The Bertz CT molecular complexity index is 938. The maximum Gasteiger partial charge on any atom is 0.191 e. The molecule has 32 heavy (non-hydrogen) atoms. The number of ether oxygens (including phenoxy) is 1. The molecule has 0 unspecified atom stereocenters. The van der Waals surface area contributed by atoms with E-state index in [0.717, 1.165) is 62.4 Å². The number of rotatable bonds is 11. The molecular weight excluding hydrogens is 519 g/mol. The summed E-state index contributed by atoms with van der Waals surface area (Å²) in [6.45, 7) is 7.45. The van der Waals surface area contributed by atoms with Crippen LogP contribution in [0, 0.1) is 6.92 Å². The molecule has 2 heterocycles. The molecule has 1 aromatic carbocycles. The number of hydrogen-bond donors (Lipinski definition) is 2. The average molecular weight is 552 g/mol. The van der Waals surface area contributed by atoms with Crippen LogP contribution in [0.25, 0.3) is 5.69 Å². The molecule has 0 radical (unpaired) electrons. The summed E-state index contributed by atoms with van der Waals surface area (Å²) in [7, 11) is 1.95. The Balaban J connectivity index is 0.00000363. The van der Waals surface area contributed by atoms with Gasteiger partial charge >= 0.3 is 0 Å². The van der Waals surface area contributed by atoms with Crippen molar-refractivity contribution in [1.82, 2.24) is 35.2 Å². The van der Waals surface area contributed by atoms with Gasteiger partial charge in [-0.1, -0.05) is 12.1 Å². The number of hydrogen-bond acceptors (Lipinski definition) is 5. The average Bonchev–Trinajstić information content (AvgIpc) is 3.43. The van der Waals surface area contributed by atoms with E-state index >= 15 is 0 Å². The highest BCUT2D eigenvalue weighted by atomic mass is 127. The van der Waals surface area contributed by atoms with E-state index in [-0.39, 0.29) is 24.0 Å². The van der Waals surface area contributed by atoms with E-state index in [4.69, 9.17) is 4.74 Å². The lowest BCUT2D eigenvalue weighted by Crippen LogP contribution is -2.39. The Morgan fingerprint density at radius 3 is 2.56 bits per heavy atom. The first kappa shape index (κ1) is 25.8. The first-order valence-corrected chi connectivity index (χ1v) is 10.7. The summed E-state index contributed by atoms with van der Waals surface area (Å²) in [5, 5.41) is 19.3. The maximum absolute atomic E-state index is 5.41. The molecule has 3 rings (SSSR count). The van der Waals surface area contributed by atoms with Crippen molar-refractivity contribution in [2.75, 3.05) is 26.3 Å². The zero-order valence-electron chi connectivity index (χ0n) is 19.0. The standard InChI is InChI=1S/C22H32N8O.HI/c1-4-31-16-6-12-23-22(25-17-21-28-27-18(2)29(21)3)24-14-11-19-7-9-20(10-8-19)30-15-5-13-26-30;/h5,7-10,13,15H,4,6,11-12,14,16-17H2,1-3H3,(H2,23,24,25);1H. The molecule has 0 spiro atoms. The van der Waals surface area contributed by atoms with Gasteiger partial charge in [0.05, 0.1) is 5.69 Å². The van der Waals surface area contributed by atoms with Gasteiger partial charge in [-0.3, -0.25) is 0 Å². The van der Waals surface area contributed by atoms with Gasteiger partial charge in [-0.25, -0.2) is 9.67 Å². The van der Waals surface area contributed by atoms with Gasteiger partial charge in [0.15, 0.2) is 11.8 Å². The topological polar surface area (TPSA) is 94.2 Å². The van der Waals surface area contributed by atoms with Crippen LogP contribution in [0.15, 0.2) is 47.7 Å². The zero-order valence-corrected chi connectivity index (χ0v) is 21.3. The van der Waals surface area contributed by atoms with Crippen LogP contribution in [-0.2, 0) is 24.8 Å². The van der Waals surface area contributed by atoms with Crippen LogP contribution in [-0.4, -0.2) is 56.8 Å². The first-order chi connectivity index (χ1) is 15.2. The van der Waals surface area contributed by atoms with Gasteiger partial charge in [0.1, 0.15) is 12.4 Å². The van der Waals surface area contributed by atoms with Crippen molar-refractivity contribution in [2.24, 2.45) is 12.0 Å². The number of guanidine groups is 1. The number of halogens is 1. The molecule has 0 atom stereocenters. The molecule has 0 amide bonds. The molecule has 0 saturated heterocycles. The lowest BCUT2D eigenvalue weighted by molar-refractivity contribution is 0.145. The SMILES string of the molecule is CCOCCCNC(=NCc1nnc(C)n1C)NCCc1ccc(-n2cccn2)cc1.I. The minimum atomic E-state index is 0. The summed E-state index contributed by atoms with van der Waals surface area (Å²) < 4.78 is 9.22. The Morgan fingerprint density at radius 1 is 1.12 bits per heavy atom. The number of aryl methyl sites for hydroxylation is 1. The van der Waals surface area contributed by atoms with Gasteiger partial charge in [0, 0.05) is 45.7 Å². The minimum Gasteiger partial charge on any atom is -0.382 e. The largest absolute Gasteiger partial charge is 0.382 e. The van der Waals surface area contributed by atoms with Gasteiger partial charge in [0.2, 0.25) is 0 Å². The van der Waals surface area contributed by atoms with Crippen molar-refractivity contribution in [3.63, 3.8) is 0 Å². The third-order valence-electron chi connectivity index (χ3n) is 4.93. The van der Waals surface area contributed by atoms with E-state index in [0.29, 0.717) is 6.54 Å². The second-order valence-electron chi connectivity index (χ2n) is 7.16. The van der Waals surface area contributed by atoms with Crippen molar-refractivity contribution in [1.29, 1.82) is 0 Å². The maximum atomic E-state index is 5.41. The molecule has 2 aromatic heterocycles. The number of aromatic nitrogens is 5. The predicted octanol–water partition coefficient (Wildman–Crippen LogP) is 2.63. The summed E-state index contributed by atoms with van der Waals surface area (Å²) in [5.74, 6) is 2.48. The van der Waals surface area contributed by atoms with Crippen LogP contribution >= 0.6 is 24.0 Å². The smallest absolute Gasteiger partial charge is 0.191 e. The van der Waals surface area contributed by atoms with Crippen LogP contribution in [0.1, 0.15) is 30.6 Å². The summed E-state index contributed by atoms with van der Waals surface area (Å²) in [6.07, 6.45) is 5.53. The van der Waals surface area contributed by atoms with E-state index in [2.05, 4.69) is 55.2 Å². The molecule has 0 bridgehead atoms. The van der Waals surface area contributed by atoms with Gasteiger partial charge in [-0.05, 0) is 50.5 Å². The predicted molar refractivity (Wildman–Crippen MR) is 137 cm³/mol. The van der Waals surface area contributed by atoms with Crippen molar-refractivity contribution < 1.29 is 4.74 Å². The Labute approximate surface area is 206 Å². The van der Waals surface area contributed by atoms with E-state index < -0.39 is 0 Å². The summed E-state index contributed by atoms with van der Waals surface area (Å²) in [6, 6.07) is 10.3. The molecule has 174 valence electrons. The monoisotopic (exact) mass is 552 g/mol. The summed E-state index contributed by atoms with van der Waals surface area (Å²) >= 11 is 0. The third kappa shape index (κ3) is 7.90. The van der Waals surface area contributed by atoms with Crippen LogP contribution in [0.4, 0.5) is 0 Å². The molecular formula is C22H33IN8O. The quantitative estimate of drug-likeness (QED) is 0.165. The van der Waals surface area contributed by atoms with Gasteiger partial charge < -0.3 is 19.9 Å². The lowest BCUT2D eigenvalue weighted by atomic mass is 10.1. The molecule has 2 N–H and O–H groups in total. The molecule has 10 heteroatoms. The van der Waals surface area contributed by atoms with Crippen molar-refractivity contribution in [2.45, 2.75) is 33.2 Å². The van der Waals surface area contributed by atoms with E-state index in [1.165, 1.54) is 5.56 Å². The number of benzene rings is 1. The molecule has 0 aliphatic carbocycles. The normalized spacial score (nSPS) is 11.3. The molecule has 3 aromatic rings. The van der Waals surface area contributed by atoms with Crippen LogP contribution in [0.5, 0.6) is 0 Å². The van der Waals surface area contributed by atoms with E-state index in [1.807, 2.05) is 42.4 Å². The Hall–Kier alpha value is -2.47. The number of aliphatic imine (C=N–C) groups is 1. The molecule has 9 nitrogen and oxygen atoms in total. The van der Waals surface area contributed by atoms with Crippen molar-refractivity contribution in [3.05, 3.63) is 59.9 Å². The fourth-order valence-corrected chi connectivity index (χ4v) is 3.00. The van der Waals surface area contributed by atoms with E-state index in [9.17, 15) is 0 Å². The fraction of sp³-hybridized carbons (Fsp3) is 0.455. The molecule has 0 aliphatic rings. The molecule has 0 saturated carbocycles. The Morgan fingerprint density at radius 2 is 1.91 bits per heavy atom. The molecule has 0 fully saturated rings. The van der Waals surface area contributed by atoms with Crippen LogP contribution in [0.2, 0.25) is 0 Å². The second kappa shape index (κ2) is 13.8. The van der Waals surface area contributed by atoms with Gasteiger partial charge in [-0.2, -0.15) is 5.10 Å². The highest BCUT2D eigenvalue weighted by Crippen LogP contribution is 2.09. The summed E-state index contributed by atoms with van der Waals surface area (Å²) in [4.78, 5) is 4.68. The van der Waals surface area contributed by atoms with Crippen LogP contribution in [0.3, 0.4) is 0 Å². The van der Waals surface area contributed by atoms with Crippen LogP contribution < -0.4 is 10.6 Å². The van der Waals surface area contributed by atoms with E-state index in [1.54, 1.807) is 6.20 Å². The first-order valence-electron chi connectivity index (χ1n) is 10.7. The van der Waals surface area contributed by atoms with Gasteiger partial charge in [-0.15, -0.1) is 34.2 Å². The number of nitrogens with zero attached hydrogens (tertiary/aromatic N) is 6.